The van der Waals surface area contributed by atoms with Gasteiger partial charge in [-0.2, -0.15) is 9.58 Å². The molecule has 1 aromatic rings. The van der Waals surface area contributed by atoms with Gasteiger partial charge >= 0.3 is 6.67 Å². The van der Waals surface area contributed by atoms with Gasteiger partial charge in [0.05, 0.1) is 0 Å². The fourth-order valence-corrected chi connectivity index (χ4v) is 2.80. The summed E-state index contributed by atoms with van der Waals surface area (Å²) >= 11 is 0. The second-order valence-electron chi connectivity index (χ2n) is 4.97. The number of rotatable bonds is 1. The van der Waals surface area contributed by atoms with Crippen LogP contribution in [0.3, 0.4) is 0 Å². The number of hydrogen-bond acceptors (Lipinski definition) is 2. The lowest BCUT2D eigenvalue weighted by Crippen LogP contribution is -2.27. The molecule has 3 heteroatoms. The molecular weight excluding hydrogens is 210 g/mol. The van der Waals surface area contributed by atoms with E-state index in [0.717, 1.165) is 13.1 Å². The number of aryl methyl sites for hydroxylation is 3. The first kappa shape index (κ1) is 10.8. The third-order valence-corrected chi connectivity index (χ3v) is 3.42. The number of fused-ring (bicyclic) bond motifs is 1. The van der Waals surface area contributed by atoms with Gasteiger partial charge < -0.3 is 0 Å². The highest BCUT2D eigenvalue weighted by molar-refractivity contribution is 5.58. The average Bonchev–Trinajstić information content (AvgIpc) is 2.75. The smallest absolute Gasteiger partial charge is 0.198 e. The van der Waals surface area contributed by atoms with Crippen LogP contribution < -0.4 is 0 Å². The van der Waals surface area contributed by atoms with Crippen LogP contribution >= 0.6 is 0 Å². The maximum atomic E-state index is 3.41. The molecular formula is C14H18N3+. The van der Waals surface area contributed by atoms with Gasteiger partial charge in [-0.05, 0) is 31.9 Å². The summed E-state index contributed by atoms with van der Waals surface area (Å²) in [6.45, 7) is 12.1. The highest BCUT2D eigenvalue weighted by Crippen LogP contribution is 2.29. The molecule has 2 aliphatic rings. The van der Waals surface area contributed by atoms with Crippen LogP contribution in [-0.4, -0.2) is 34.0 Å². The maximum absolute atomic E-state index is 3.41. The van der Waals surface area contributed by atoms with Crippen molar-refractivity contribution in [3.8, 4) is 0 Å². The topological polar surface area (TPSA) is 9.49 Å². The third-order valence-electron chi connectivity index (χ3n) is 3.42. The van der Waals surface area contributed by atoms with Crippen molar-refractivity contribution < 1.29 is 4.58 Å². The van der Waals surface area contributed by atoms with Crippen molar-refractivity contribution in [1.29, 1.82) is 0 Å². The number of hydrogen-bond donors (Lipinski definition) is 0. The highest BCUT2D eigenvalue weighted by Gasteiger charge is 2.37. The van der Waals surface area contributed by atoms with Gasteiger partial charge in [0, 0.05) is 13.0 Å². The van der Waals surface area contributed by atoms with Crippen LogP contribution in [0.4, 0.5) is 5.69 Å². The molecule has 0 aromatic heterocycles. The van der Waals surface area contributed by atoms with Gasteiger partial charge in [-0.3, -0.25) is 0 Å². The quantitative estimate of drug-likeness (QED) is 0.682. The van der Waals surface area contributed by atoms with Crippen molar-refractivity contribution in [2.24, 2.45) is 0 Å². The zero-order valence-electron chi connectivity index (χ0n) is 10.7. The molecule has 0 saturated carbocycles. The van der Waals surface area contributed by atoms with Crippen LogP contribution in [0.25, 0.3) is 0 Å². The fourth-order valence-electron chi connectivity index (χ4n) is 2.80. The molecule has 0 unspecified atom stereocenters. The first-order valence-corrected chi connectivity index (χ1v) is 6.17. The van der Waals surface area contributed by atoms with Crippen molar-refractivity contribution in [2.45, 2.75) is 27.2 Å². The summed E-state index contributed by atoms with van der Waals surface area (Å²) in [6, 6.07) is 4.47. The number of nitrogens with zero attached hydrogens (tertiary/aromatic N) is 3. The maximum Gasteiger partial charge on any atom is 0.335 e. The molecule has 88 valence electrons. The zero-order chi connectivity index (χ0) is 12.0. The summed E-state index contributed by atoms with van der Waals surface area (Å²) in [7, 11) is 0. The van der Waals surface area contributed by atoms with E-state index >= 15 is 0 Å². The van der Waals surface area contributed by atoms with E-state index in [1.54, 1.807) is 0 Å². The van der Waals surface area contributed by atoms with Crippen LogP contribution in [0.15, 0.2) is 12.1 Å². The molecule has 0 atom stereocenters. The average molecular weight is 228 g/mol. The molecule has 17 heavy (non-hydrogen) atoms. The van der Waals surface area contributed by atoms with Crippen LogP contribution in [0.5, 0.6) is 0 Å². The summed E-state index contributed by atoms with van der Waals surface area (Å²) in [4.78, 5) is 0. The Morgan fingerprint density at radius 1 is 1.12 bits per heavy atom. The fraction of sp³-hybridized carbons (Fsp3) is 0.429. The Labute approximate surface area is 103 Å². The van der Waals surface area contributed by atoms with E-state index in [-0.39, 0.29) is 0 Å². The zero-order valence-corrected chi connectivity index (χ0v) is 10.7. The van der Waals surface area contributed by atoms with Crippen LogP contribution in [0.1, 0.15) is 23.1 Å². The molecule has 0 aliphatic carbocycles. The molecule has 1 aromatic carbocycles. The molecule has 1 saturated heterocycles. The molecule has 0 bridgehead atoms. The number of hydrazine groups is 1. The van der Waals surface area contributed by atoms with Gasteiger partial charge in [-0.1, -0.05) is 22.7 Å². The first-order chi connectivity index (χ1) is 8.15. The van der Waals surface area contributed by atoms with Gasteiger partial charge in [0.25, 0.3) is 6.34 Å². The minimum absolute atomic E-state index is 1.08. The Bertz CT molecular complexity index is 467. The first-order valence-electron chi connectivity index (χ1n) is 6.17. The summed E-state index contributed by atoms with van der Waals surface area (Å²) in [5.74, 6) is 0. The van der Waals surface area contributed by atoms with Crippen molar-refractivity contribution in [1.82, 2.24) is 10.0 Å². The number of benzene rings is 1. The van der Waals surface area contributed by atoms with E-state index in [2.05, 4.69) is 60.5 Å². The van der Waals surface area contributed by atoms with Crippen molar-refractivity contribution in [3.05, 3.63) is 35.5 Å². The van der Waals surface area contributed by atoms with Gasteiger partial charge in [0.2, 0.25) is 0 Å². The second kappa shape index (κ2) is 3.84. The normalized spacial score (nSPS) is 19.7. The standard InChI is InChI=1S/C14H18N3/c1-11-7-12(2)14(13(3)8-11)15-9-16-5-4-6-17(16)10-15/h7-9H,4-6H2,1-3H3/q+1. The Hall–Kier alpha value is -1.35. The molecule has 2 aliphatic heterocycles. The minimum atomic E-state index is 1.08. The van der Waals surface area contributed by atoms with Gasteiger partial charge in [-0.15, -0.1) is 0 Å². The van der Waals surface area contributed by atoms with Crippen LogP contribution in [0, 0.1) is 27.4 Å². The molecule has 2 radical (unpaired) electrons. The second-order valence-corrected chi connectivity index (χ2v) is 4.97. The van der Waals surface area contributed by atoms with E-state index in [1.807, 2.05) is 0 Å². The van der Waals surface area contributed by atoms with Gasteiger partial charge in [-0.25, -0.2) is 0 Å². The summed E-state index contributed by atoms with van der Waals surface area (Å²) < 4.78 is 2.13. The highest BCUT2D eigenvalue weighted by atomic mass is 15.7. The Balaban J connectivity index is 2.00. The predicted octanol–water partition coefficient (Wildman–Crippen LogP) is 2.22. The van der Waals surface area contributed by atoms with E-state index in [4.69, 9.17) is 0 Å². The minimum Gasteiger partial charge on any atom is -0.198 e. The molecule has 0 spiro atoms. The SMILES string of the molecule is Cc1cc(C)c([N+]2=CN3CCCN3[C]2)c(C)c1. The lowest BCUT2D eigenvalue weighted by molar-refractivity contribution is -0.400. The molecule has 2 heterocycles. The van der Waals surface area contributed by atoms with Crippen molar-refractivity contribution in [3.63, 3.8) is 0 Å². The Kier molecular flexibility index (Phi) is 2.44. The van der Waals surface area contributed by atoms with E-state index in [0.29, 0.717) is 0 Å². The Morgan fingerprint density at radius 2 is 1.82 bits per heavy atom. The molecule has 1 fully saturated rings. The predicted molar refractivity (Wildman–Crippen MR) is 67.9 cm³/mol. The van der Waals surface area contributed by atoms with Crippen molar-refractivity contribution in [2.75, 3.05) is 13.1 Å². The summed E-state index contributed by atoms with van der Waals surface area (Å²) in [5, 5.41) is 4.40. The van der Waals surface area contributed by atoms with Crippen LogP contribution in [0.2, 0.25) is 0 Å². The van der Waals surface area contributed by atoms with Gasteiger partial charge in [0.15, 0.2) is 0 Å². The van der Waals surface area contributed by atoms with E-state index < -0.39 is 0 Å². The molecule has 3 nitrogen and oxygen atoms in total. The summed E-state index contributed by atoms with van der Waals surface area (Å²) in [6.07, 6.45) is 3.38. The lowest BCUT2D eigenvalue weighted by Gasteiger charge is -2.09. The van der Waals surface area contributed by atoms with Crippen molar-refractivity contribution >= 4 is 12.0 Å². The van der Waals surface area contributed by atoms with E-state index in [1.165, 1.54) is 28.8 Å². The van der Waals surface area contributed by atoms with E-state index in [9.17, 15) is 0 Å². The molecule has 3 rings (SSSR count). The Morgan fingerprint density at radius 3 is 2.47 bits per heavy atom. The lowest BCUT2D eigenvalue weighted by atomic mass is 10.1. The third kappa shape index (κ3) is 1.75. The monoisotopic (exact) mass is 228 g/mol. The van der Waals surface area contributed by atoms with Gasteiger partial charge in [0.1, 0.15) is 12.2 Å². The molecule has 0 amide bonds. The largest absolute Gasteiger partial charge is 0.335 e. The molecule has 0 N–H and O–H groups in total. The summed E-state index contributed by atoms with van der Waals surface area (Å²) in [5.41, 5.74) is 5.22. The van der Waals surface area contributed by atoms with Crippen LogP contribution in [-0.2, 0) is 0 Å².